The number of hydrogen-bond acceptors (Lipinski definition) is 3. The standard InChI is InChI=1S/C8H18NO2.ClH.Hg/c1-2-4-8(7-10)11-6-3-5-9;;/h3,8,10H,2,4-7,9H2,1H3;1H;/q;;+1/p-1. The third-order valence-electron chi connectivity index (χ3n) is 1.43. The Morgan fingerprint density at radius 3 is 2.54 bits per heavy atom. The van der Waals surface area contributed by atoms with E-state index >= 15 is 0 Å². The summed E-state index contributed by atoms with van der Waals surface area (Å²) < 4.78 is 5.29. The summed E-state index contributed by atoms with van der Waals surface area (Å²) in [6.07, 6.45) is 3.78. The van der Waals surface area contributed by atoms with Crippen molar-refractivity contribution in [1.29, 1.82) is 0 Å². The van der Waals surface area contributed by atoms with Gasteiger partial charge < -0.3 is 28.0 Å². The first kappa shape index (κ1) is 19.6. The van der Waals surface area contributed by atoms with Gasteiger partial charge in [0.1, 0.15) is 0 Å². The zero-order valence-corrected chi connectivity index (χ0v) is 14.5. The molecule has 0 fully saturated rings. The van der Waals surface area contributed by atoms with E-state index in [4.69, 9.17) is 15.6 Å². The predicted octanol–water partition coefficient (Wildman–Crippen LogP) is -2.67. The SMILES string of the molecule is CCCC(CO)OC[CH]CN.[Cl-].[Hg+]. The summed E-state index contributed by atoms with van der Waals surface area (Å²) in [6, 6.07) is 0. The molecule has 0 spiro atoms. The number of hydrogen-bond donors (Lipinski definition) is 2. The first-order valence-corrected chi connectivity index (χ1v) is 4.09. The molecule has 0 aliphatic heterocycles. The van der Waals surface area contributed by atoms with Crippen LogP contribution in [0.1, 0.15) is 19.8 Å². The molecule has 0 rings (SSSR count). The normalized spacial score (nSPS) is 11.3. The van der Waals surface area contributed by atoms with E-state index in [-0.39, 0.29) is 52.8 Å². The molecule has 0 heterocycles. The molecule has 1 atom stereocenters. The number of aliphatic hydroxyl groups excluding tert-OH is 1. The molecule has 0 saturated carbocycles. The van der Waals surface area contributed by atoms with Crippen LogP contribution in [0.4, 0.5) is 0 Å². The first-order chi connectivity index (χ1) is 5.35. The van der Waals surface area contributed by atoms with Crippen LogP contribution in [-0.4, -0.2) is 31.0 Å². The van der Waals surface area contributed by atoms with Gasteiger partial charge in [-0.1, -0.05) is 13.3 Å². The van der Waals surface area contributed by atoms with Crippen LogP contribution in [0.2, 0.25) is 0 Å². The van der Waals surface area contributed by atoms with Crippen molar-refractivity contribution in [2.75, 3.05) is 19.8 Å². The van der Waals surface area contributed by atoms with E-state index < -0.39 is 0 Å². The molecule has 5 heteroatoms. The van der Waals surface area contributed by atoms with Gasteiger partial charge in [0.2, 0.25) is 0 Å². The maximum absolute atomic E-state index is 8.79. The fraction of sp³-hybridized carbons (Fsp3) is 0.875. The van der Waals surface area contributed by atoms with Gasteiger partial charge in [0.25, 0.3) is 0 Å². The summed E-state index contributed by atoms with van der Waals surface area (Å²) in [6.45, 7) is 3.25. The van der Waals surface area contributed by atoms with E-state index in [1.807, 2.05) is 6.42 Å². The van der Waals surface area contributed by atoms with Crippen LogP contribution in [0.15, 0.2) is 0 Å². The Morgan fingerprint density at radius 2 is 2.15 bits per heavy atom. The fourth-order valence-corrected chi connectivity index (χ4v) is 0.821. The van der Waals surface area contributed by atoms with Crippen molar-refractivity contribution in [3.63, 3.8) is 0 Å². The third kappa shape index (κ3) is 13.1. The number of ether oxygens (including phenoxy) is 1. The quantitative estimate of drug-likeness (QED) is 0.365. The van der Waals surface area contributed by atoms with E-state index in [1.165, 1.54) is 0 Å². The third-order valence-corrected chi connectivity index (χ3v) is 1.43. The summed E-state index contributed by atoms with van der Waals surface area (Å²) in [4.78, 5) is 0. The number of rotatable bonds is 7. The van der Waals surface area contributed by atoms with Crippen molar-refractivity contribution >= 4 is 0 Å². The second-order valence-corrected chi connectivity index (χ2v) is 2.45. The van der Waals surface area contributed by atoms with Crippen LogP contribution in [0.3, 0.4) is 0 Å². The van der Waals surface area contributed by atoms with Gasteiger partial charge in [0.15, 0.2) is 0 Å². The maximum atomic E-state index is 8.79. The summed E-state index contributed by atoms with van der Waals surface area (Å²) in [5.41, 5.74) is 5.23. The van der Waals surface area contributed by atoms with Gasteiger partial charge in [-0.25, -0.2) is 0 Å². The van der Waals surface area contributed by atoms with Gasteiger partial charge in [-0.2, -0.15) is 0 Å². The maximum Gasteiger partial charge on any atom is 1.00 e. The molecule has 0 aromatic heterocycles. The van der Waals surface area contributed by atoms with E-state index in [1.54, 1.807) is 0 Å². The average Bonchev–Trinajstić information content (AvgIpc) is 2.03. The monoisotopic (exact) mass is 397 g/mol. The topological polar surface area (TPSA) is 55.5 Å². The zero-order chi connectivity index (χ0) is 8.53. The Bertz CT molecular complexity index is 88.5. The molecule has 0 aliphatic rings. The zero-order valence-electron chi connectivity index (χ0n) is 8.21. The van der Waals surface area contributed by atoms with Crippen molar-refractivity contribution in [2.45, 2.75) is 25.9 Å². The molecule has 0 saturated heterocycles. The second-order valence-electron chi connectivity index (χ2n) is 2.45. The molecule has 3 N–H and O–H groups in total. The van der Waals surface area contributed by atoms with Gasteiger partial charge in [-0.15, -0.1) is 0 Å². The molecule has 0 aliphatic carbocycles. The molecule has 0 amide bonds. The summed E-state index contributed by atoms with van der Waals surface area (Å²) in [7, 11) is 0. The van der Waals surface area contributed by atoms with Crippen LogP contribution < -0.4 is 18.1 Å². The van der Waals surface area contributed by atoms with E-state index in [9.17, 15) is 0 Å². The van der Waals surface area contributed by atoms with Crippen molar-refractivity contribution in [3.05, 3.63) is 6.42 Å². The van der Waals surface area contributed by atoms with Crippen LogP contribution >= 0.6 is 0 Å². The van der Waals surface area contributed by atoms with Crippen LogP contribution in [0.25, 0.3) is 0 Å². The molecule has 76 valence electrons. The van der Waals surface area contributed by atoms with Crippen molar-refractivity contribution in [1.82, 2.24) is 0 Å². The Balaban J connectivity index is -0.000000500. The Morgan fingerprint density at radius 1 is 1.54 bits per heavy atom. The Kier molecular flexibility index (Phi) is 23.5. The van der Waals surface area contributed by atoms with Gasteiger partial charge in [-0.05, 0) is 13.0 Å². The van der Waals surface area contributed by atoms with E-state index in [0.29, 0.717) is 13.2 Å². The molecule has 0 bridgehead atoms. The summed E-state index contributed by atoms with van der Waals surface area (Å²) in [5, 5.41) is 8.79. The number of nitrogens with two attached hydrogens (primary N) is 1. The molecular weight excluding hydrogens is 378 g/mol. The Hall–Kier alpha value is 1.11. The van der Waals surface area contributed by atoms with E-state index in [2.05, 4.69) is 6.92 Å². The molecular formula is C8H18ClHgNO2. The summed E-state index contributed by atoms with van der Waals surface area (Å²) in [5.74, 6) is 0. The molecule has 0 aromatic carbocycles. The van der Waals surface area contributed by atoms with Crippen molar-refractivity contribution in [2.24, 2.45) is 5.73 Å². The van der Waals surface area contributed by atoms with Gasteiger partial charge in [-0.3, -0.25) is 0 Å². The molecule has 13 heavy (non-hydrogen) atoms. The second kappa shape index (κ2) is 15.6. The minimum atomic E-state index is -0.0113. The van der Waals surface area contributed by atoms with Crippen LogP contribution in [0.5, 0.6) is 0 Å². The van der Waals surface area contributed by atoms with Gasteiger partial charge in [0.05, 0.1) is 19.3 Å². The average molecular weight is 396 g/mol. The smallest absolute Gasteiger partial charge is 1.00 e. The van der Waals surface area contributed by atoms with Crippen molar-refractivity contribution in [3.8, 4) is 0 Å². The molecule has 0 aromatic rings. The van der Waals surface area contributed by atoms with Gasteiger partial charge in [0, 0.05) is 6.42 Å². The van der Waals surface area contributed by atoms with Gasteiger partial charge >= 0.3 is 27.7 Å². The minimum absolute atomic E-state index is 0. The largest absolute Gasteiger partial charge is 1.00 e. The van der Waals surface area contributed by atoms with Crippen molar-refractivity contribution < 1.29 is 49.9 Å². The summed E-state index contributed by atoms with van der Waals surface area (Å²) >= 11 is 0. The van der Waals surface area contributed by atoms with Crippen LogP contribution in [-0.2, 0) is 32.4 Å². The van der Waals surface area contributed by atoms with Crippen LogP contribution in [0, 0.1) is 6.42 Å². The molecule has 3 nitrogen and oxygen atoms in total. The number of aliphatic hydroxyl groups is 1. The first-order valence-electron chi connectivity index (χ1n) is 4.09. The predicted molar refractivity (Wildman–Crippen MR) is 45.1 cm³/mol. The molecule has 2 radical (unpaired) electrons. The fourth-order valence-electron chi connectivity index (χ4n) is 0.821. The molecule has 1 unspecified atom stereocenters. The number of halogens is 1. The van der Waals surface area contributed by atoms with E-state index in [0.717, 1.165) is 12.8 Å². The minimum Gasteiger partial charge on any atom is -1.00 e. The Labute approximate surface area is 107 Å².